The molecule has 0 N–H and O–H groups in total. The van der Waals surface area contributed by atoms with Crippen LogP contribution in [0.25, 0.3) is 0 Å². The van der Waals surface area contributed by atoms with Crippen molar-refractivity contribution in [2.75, 3.05) is 0 Å². The number of hydrogen-bond acceptors (Lipinski definition) is 3. The Hall–Kier alpha value is -1.12. The first-order valence-electron chi connectivity index (χ1n) is 4.13. The fourth-order valence-electron chi connectivity index (χ4n) is 1.14. The Kier molecular flexibility index (Phi) is 2.63. The van der Waals surface area contributed by atoms with Gasteiger partial charge in [0.1, 0.15) is 0 Å². The number of carbonyl (C=O) groups excluding carboxylic acids is 2. The molecule has 1 aliphatic rings. The van der Waals surface area contributed by atoms with Gasteiger partial charge in [-0.05, 0) is 19.8 Å². The maximum absolute atomic E-state index is 11.0. The van der Waals surface area contributed by atoms with Crippen LogP contribution >= 0.6 is 0 Å². The van der Waals surface area contributed by atoms with Crippen molar-refractivity contribution >= 4 is 11.9 Å². The van der Waals surface area contributed by atoms with Gasteiger partial charge in [0.05, 0.1) is 0 Å². The molecule has 0 spiro atoms. The summed E-state index contributed by atoms with van der Waals surface area (Å²) in [6.07, 6.45) is 2.60. The minimum Gasteiger partial charge on any atom is -0.386 e. The van der Waals surface area contributed by atoms with E-state index in [0.717, 1.165) is 12.8 Å². The highest BCUT2D eigenvalue weighted by molar-refractivity contribution is 6.11. The van der Waals surface area contributed by atoms with Crippen LogP contribution in [0.5, 0.6) is 0 Å². The maximum atomic E-state index is 11.0. The van der Waals surface area contributed by atoms with E-state index in [1.165, 1.54) is 0 Å². The molecule has 0 saturated carbocycles. The summed E-state index contributed by atoms with van der Waals surface area (Å²) in [5.41, 5.74) is 1.04. The van der Waals surface area contributed by atoms with Gasteiger partial charge in [0, 0.05) is 11.1 Å². The van der Waals surface area contributed by atoms with Gasteiger partial charge in [-0.3, -0.25) is 0 Å². The second-order valence-corrected chi connectivity index (χ2v) is 2.88. The highest BCUT2D eigenvalue weighted by Gasteiger charge is 2.28. The molecule has 0 aromatic rings. The van der Waals surface area contributed by atoms with E-state index in [1.807, 2.05) is 6.92 Å². The quantitative estimate of drug-likeness (QED) is 0.474. The zero-order chi connectivity index (χ0) is 9.14. The summed E-state index contributed by atoms with van der Waals surface area (Å²) in [5, 5.41) is 0. The van der Waals surface area contributed by atoms with E-state index >= 15 is 0 Å². The van der Waals surface area contributed by atoms with Crippen LogP contribution in [-0.4, -0.2) is 11.9 Å². The zero-order valence-corrected chi connectivity index (χ0v) is 7.35. The minimum absolute atomic E-state index is 0.453. The monoisotopic (exact) mass is 168 g/mol. The van der Waals surface area contributed by atoms with Crippen molar-refractivity contribution in [1.29, 1.82) is 0 Å². The fraction of sp³-hybridized carbons (Fsp3) is 0.556. The predicted octanol–water partition coefficient (Wildman–Crippen LogP) is 1.58. The number of esters is 2. The van der Waals surface area contributed by atoms with Gasteiger partial charge in [0.2, 0.25) is 0 Å². The Labute approximate surface area is 71.4 Å². The molecule has 0 atom stereocenters. The highest BCUT2D eigenvalue weighted by atomic mass is 16.6. The van der Waals surface area contributed by atoms with Gasteiger partial charge in [-0.15, -0.1) is 0 Å². The van der Waals surface area contributed by atoms with Crippen LogP contribution in [0.4, 0.5) is 0 Å². The summed E-state index contributed by atoms with van der Waals surface area (Å²) in [4.78, 5) is 21.9. The Morgan fingerprint density at radius 2 is 1.92 bits per heavy atom. The number of unbranched alkanes of at least 4 members (excludes halogenated alkanes) is 1. The van der Waals surface area contributed by atoms with Crippen LogP contribution < -0.4 is 0 Å². The van der Waals surface area contributed by atoms with E-state index in [2.05, 4.69) is 4.74 Å². The van der Waals surface area contributed by atoms with Gasteiger partial charge in [-0.2, -0.15) is 0 Å². The van der Waals surface area contributed by atoms with Gasteiger partial charge in [-0.25, -0.2) is 9.59 Å². The first kappa shape index (κ1) is 8.97. The lowest BCUT2D eigenvalue weighted by Crippen LogP contribution is -2.01. The Morgan fingerprint density at radius 1 is 1.25 bits per heavy atom. The molecule has 1 aliphatic heterocycles. The maximum Gasteiger partial charge on any atom is 0.342 e. The number of rotatable bonds is 3. The normalized spacial score (nSPS) is 17.2. The second kappa shape index (κ2) is 3.52. The minimum atomic E-state index is -0.480. The first-order valence-corrected chi connectivity index (χ1v) is 4.13. The molecule has 3 heteroatoms. The molecule has 0 unspecified atom stereocenters. The molecule has 0 aromatic heterocycles. The summed E-state index contributed by atoms with van der Waals surface area (Å²) in [6, 6.07) is 0. The standard InChI is InChI=1S/C9H12O3/c1-3-4-5-7-6(2)8(10)12-9(7)11/h3-5H2,1-2H3. The van der Waals surface area contributed by atoms with Crippen molar-refractivity contribution < 1.29 is 14.3 Å². The SMILES string of the molecule is CCCCC1=C(C)C(=O)OC1=O. The summed E-state index contributed by atoms with van der Waals surface area (Å²) >= 11 is 0. The molecule has 0 saturated heterocycles. The van der Waals surface area contributed by atoms with Crippen molar-refractivity contribution in [3.63, 3.8) is 0 Å². The van der Waals surface area contributed by atoms with Crippen LogP contribution in [0.1, 0.15) is 33.1 Å². The van der Waals surface area contributed by atoms with Crippen LogP contribution in [-0.2, 0) is 14.3 Å². The predicted molar refractivity (Wildman–Crippen MR) is 43.3 cm³/mol. The van der Waals surface area contributed by atoms with Crippen molar-refractivity contribution in [2.24, 2.45) is 0 Å². The molecule has 0 amide bonds. The van der Waals surface area contributed by atoms with Crippen LogP contribution in [0.3, 0.4) is 0 Å². The molecule has 0 fully saturated rings. The molecule has 3 nitrogen and oxygen atoms in total. The molecule has 0 radical (unpaired) electrons. The van der Waals surface area contributed by atoms with E-state index in [-0.39, 0.29) is 0 Å². The molecule has 1 heterocycles. The molecular weight excluding hydrogens is 156 g/mol. The number of cyclic esters (lactones) is 2. The van der Waals surface area contributed by atoms with Gasteiger partial charge in [0.15, 0.2) is 0 Å². The van der Waals surface area contributed by atoms with Gasteiger partial charge < -0.3 is 4.74 Å². The molecular formula is C9H12O3. The molecule has 0 aliphatic carbocycles. The molecule has 1 rings (SSSR count). The highest BCUT2D eigenvalue weighted by Crippen LogP contribution is 2.21. The lowest BCUT2D eigenvalue weighted by molar-refractivity contribution is -0.151. The van der Waals surface area contributed by atoms with E-state index in [4.69, 9.17) is 0 Å². The summed E-state index contributed by atoms with van der Waals surface area (Å²) in [7, 11) is 0. The topological polar surface area (TPSA) is 43.4 Å². The number of carbonyl (C=O) groups is 2. The van der Waals surface area contributed by atoms with Crippen LogP contribution in [0, 0.1) is 0 Å². The Bertz CT molecular complexity index is 250. The third-order valence-corrected chi connectivity index (χ3v) is 1.97. The van der Waals surface area contributed by atoms with Gasteiger partial charge >= 0.3 is 11.9 Å². The zero-order valence-electron chi connectivity index (χ0n) is 7.35. The third kappa shape index (κ3) is 1.55. The largest absolute Gasteiger partial charge is 0.386 e. The lowest BCUT2D eigenvalue weighted by atomic mass is 10.1. The van der Waals surface area contributed by atoms with Crippen LogP contribution in [0.2, 0.25) is 0 Å². The summed E-state index contributed by atoms with van der Waals surface area (Å²) in [6.45, 7) is 3.68. The Balaban J connectivity index is 2.71. The number of ether oxygens (including phenoxy) is 1. The van der Waals surface area contributed by atoms with Crippen molar-refractivity contribution in [2.45, 2.75) is 33.1 Å². The van der Waals surface area contributed by atoms with Crippen molar-refractivity contribution in [1.82, 2.24) is 0 Å². The Morgan fingerprint density at radius 3 is 2.33 bits per heavy atom. The average Bonchev–Trinajstić information content (AvgIpc) is 2.25. The summed E-state index contributed by atoms with van der Waals surface area (Å²) < 4.78 is 4.43. The molecule has 0 aromatic carbocycles. The van der Waals surface area contributed by atoms with E-state index in [9.17, 15) is 9.59 Å². The lowest BCUT2D eigenvalue weighted by Gasteiger charge is -1.95. The van der Waals surface area contributed by atoms with Gasteiger partial charge in [0.25, 0.3) is 0 Å². The second-order valence-electron chi connectivity index (χ2n) is 2.88. The first-order chi connectivity index (χ1) is 5.66. The fourth-order valence-corrected chi connectivity index (χ4v) is 1.14. The van der Waals surface area contributed by atoms with E-state index in [0.29, 0.717) is 17.6 Å². The van der Waals surface area contributed by atoms with Crippen LogP contribution in [0.15, 0.2) is 11.1 Å². The molecule has 12 heavy (non-hydrogen) atoms. The summed E-state index contributed by atoms with van der Waals surface area (Å²) in [5.74, 6) is -0.933. The van der Waals surface area contributed by atoms with Crippen molar-refractivity contribution in [3.8, 4) is 0 Å². The molecule has 0 bridgehead atoms. The molecule has 66 valence electrons. The van der Waals surface area contributed by atoms with Crippen molar-refractivity contribution in [3.05, 3.63) is 11.1 Å². The number of hydrogen-bond donors (Lipinski definition) is 0. The van der Waals surface area contributed by atoms with Gasteiger partial charge in [-0.1, -0.05) is 13.3 Å². The average molecular weight is 168 g/mol. The van der Waals surface area contributed by atoms with E-state index < -0.39 is 11.9 Å². The third-order valence-electron chi connectivity index (χ3n) is 1.97. The van der Waals surface area contributed by atoms with E-state index in [1.54, 1.807) is 6.92 Å². The smallest absolute Gasteiger partial charge is 0.342 e.